The molecule has 0 saturated heterocycles. The number of unbranched alkanes of at least 4 members (excludes halogenated alkanes) is 1. The highest BCUT2D eigenvalue weighted by Crippen LogP contribution is 2.36. The standard InChI is InChI=1S/C48H38N12O2/c1-28-19-32(25-50)20-29(2)41(28)61-46-40-16-18-60(4)44(40)57-48(59-46)55-38-14-11-36(27-52)34(23-38)7-5-6-8-35-22-33(26-51)21-30(3)42(35)62-45-39-15-17-53-43(39)56-47(58-45)54-37-12-9-31(24-49)10-13-37/h9-23H,5-8H2,1-4H3,(H,55,57,59)(H2,53,54,56,58). The molecule has 4 aromatic carbocycles. The Morgan fingerprint density at radius 2 is 1.19 bits per heavy atom. The number of rotatable bonds is 13. The number of benzene rings is 4. The van der Waals surface area contributed by atoms with Gasteiger partial charge in [0.05, 0.1) is 57.3 Å². The third-order valence-corrected chi connectivity index (χ3v) is 10.4. The van der Waals surface area contributed by atoms with Gasteiger partial charge in [0.2, 0.25) is 23.7 Å². The van der Waals surface area contributed by atoms with Gasteiger partial charge >= 0.3 is 0 Å². The minimum atomic E-state index is 0.312. The molecule has 14 heteroatoms. The summed E-state index contributed by atoms with van der Waals surface area (Å²) in [7, 11) is 1.90. The second kappa shape index (κ2) is 17.2. The van der Waals surface area contributed by atoms with E-state index >= 15 is 0 Å². The van der Waals surface area contributed by atoms with Crippen molar-refractivity contribution in [3.8, 4) is 47.5 Å². The molecule has 0 radical (unpaired) electrons. The second-order valence-corrected chi connectivity index (χ2v) is 14.9. The minimum absolute atomic E-state index is 0.312. The van der Waals surface area contributed by atoms with Crippen molar-refractivity contribution in [2.45, 2.75) is 46.5 Å². The molecule has 8 rings (SSSR count). The molecule has 0 bridgehead atoms. The molecule has 0 amide bonds. The van der Waals surface area contributed by atoms with E-state index in [9.17, 15) is 21.0 Å². The molecule has 0 atom stereocenters. The number of H-pyrrole nitrogens is 1. The topological polar surface area (TPSA) is 210 Å². The van der Waals surface area contributed by atoms with Crippen LogP contribution < -0.4 is 20.1 Å². The molecular weight excluding hydrogens is 777 g/mol. The third-order valence-electron chi connectivity index (χ3n) is 10.4. The lowest BCUT2D eigenvalue weighted by Crippen LogP contribution is -2.03. The molecule has 302 valence electrons. The van der Waals surface area contributed by atoms with Gasteiger partial charge in [0.25, 0.3) is 0 Å². The van der Waals surface area contributed by atoms with E-state index in [0.29, 0.717) is 98.3 Å². The van der Waals surface area contributed by atoms with E-state index in [1.807, 2.05) is 68.9 Å². The average Bonchev–Trinajstić information content (AvgIpc) is 3.91. The van der Waals surface area contributed by atoms with Crippen molar-refractivity contribution < 1.29 is 9.47 Å². The fourth-order valence-electron chi connectivity index (χ4n) is 7.41. The van der Waals surface area contributed by atoms with Crippen molar-refractivity contribution in [3.05, 3.63) is 141 Å². The predicted molar refractivity (Wildman–Crippen MR) is 235 cm³/mol. The number of fused-ring (bicyclic) bond motifs is 2. The molecule has 0 fully saturated rings. The van der Waals surface area contributed by atoms with Gasteiger partial charge in [-0.3, -0.25) is 0 Å². The van der Waals surface area contributed by atoms with Gasteiger partial charge in [-0.05, 0) is 153 Å². The summed E-state index contributed by atoms with van der Waals surface area (Å²) in [5.41, 5.74) is 9.04. The van der Waals surface area contributed by atoms with E-state index in [1.165, 1.54) is 0 Å². The zero-order valence-corrected chi connectivity index (χ0v) is 34.3. The largest absolute Gasteiger partial charge is 0.438 e. The fourth-order valence-corrected chi connectivity index (χ4v) is 7.41. The Bertz CT molecular complexity index is 3170. The summed E-state index contributed by atoms with van der Waals surface area (Å²) in [5, 5.41) is 46.5. The maximum absolute atomic E-state index is 10.1. The molecule has 3 N–H and O–H groups in total. The number of hydrogen-bond donors (Lipinski definition) is 3. The summed E-state index contributed by atoms with van der Waals surface area (Å²) in [6.45, 7) is 5.71. The van der Waals surface area contributed by atoms with E-state index in [0.717, 1.165) is 46.0 Å². The zero-order valence-electron chi connectivity index (χ0n) is 34.3. The summed E-state index contributed by atoms with van der Waals surface area (Å²) in [6.07, 6.45) is 6.38. The molecular formula is C48H38N12O2. The summed E-state index contributed by atoms with van der Waals surface area (Å²) in [6, 6.07) is 32.4. The van der Waals surface area contributed by atoms with Crippen molar-refractivity contribution in [2.24, 2.45) is 7.05 Å². The van der Waals surface area contributed by atoms with Crippen LogP contribution in [0.25, 0.3) is 22.1 Å². The van der Waals surface area contributed by atoms with Crippen LogP contribution in [0.1, 0.15) is 62.9 Å². The number of aromatic amines is 1. The normalized spacial score (nSPS) is 10.8. The first-order valence-corrected chi connectivity index (χ1v) is 19.8. The van der Waals surface area contributed by atoms with Crippen LogP contribution >= 0.6 is 0 Å². The van der Waals surface area contributed by atoms with Crippen molar-refractivity contribution in [3.63, 3.8) is 0 Å². The first-order valence-electron chi connectivity index (χ1n) is 19.8. The van der Waals surface area contributed by atoms with Crippen LogP contribution in [0.5, 0.6) is 23.3 Å². The Balaban J connectivity index is 0.998. The Morgan fingerprint density at radius 1 is 0.597 bits per heavy atom. The second-order valence-electron chi connectivity index (χ2n) is 14.9. The van der Waals surface area contributed by atoms with Gasteiger partial charge in [0.1, 0.15) is 22.8 Å². The van der Waals surface area contributed by atoms with Gasteiger partial charge in [-0.1, -0.05) is 0 Å². The van der Waals surface area contributed by atoms with Crippen LogP contribution in [0.4, 0.5) is 23.3 Å². The third kappa shape index (κ3) is 8.39. The molecule has 4 aromatic heterocycles. The highest BCUT2D eigenvalue weighted by molar-refractivity contribution is 5.84. The molecule has 0 spiro atoms. The van der Waals surface area contributed by atoms with Crippen LogP contribution in [0.3, 0.4) is 0 Å². The molecule has 4 heterocycles. The number of anilines is 4. The minimum Gasteiger partial charge on any atom is -0.438 e. The van der Waals surface area contributed by atoms with Gasteiger partial charge in [0.15, 0.2) is 0 Å². The molecule has 0 aliphatic heterocycles. The predicted octanol–water partition coefficient (Wildman–Crippen LogP) is 10.3. The molecule has 0 unspecified atom stereocenters. The number of ether oxygens (including phenoxy) is 2. The SMILES string of the molecule is Cc1cc(C#N)cc(C)c1Oc1nc(Nc2ccc(C#N)c(CCCCc3cc(C#N)cc(C)c3Oc3nc(Nc4ccc(C#N)cc4)nc4[nH]ccc34)c2)nc2c1ccn2C. The molecule has 8 aromatic rings. The van der Waals surface area contributed by atoms with Crippen molar-refractivity contribution in [2.75, 3.05) is 10.6 Å². The molecule has 0 saturated carbocycles. The van der Waals surface area contributed by atoms with E-state index in [2.05, 4.69) is 44.9 Å². The molecule has 0 aliphatic rings. The lowest BCUT2D eigenvalue weighted by molar-refractivity contribution is 0.458. The molecule has 0 aliphatic carbocycles. The van der Waals surface area contributed by atoms with E-state index in [1.54, 1.807) is 54.7 Å². The van der Waals surface area contributed by atoms with Crippen LogP contribution in [0, 0.1) is 66.1 Å². The first-order chi connectivity index (χ1) is 30.1. The highest BCUT2D eigenvalue weighted by Gasteiger charge is 2.19. The molecule has 14 nitrogen and oxygen atoms in total. The first kappa shape index (κ1) is 40.1. The van der Waals surface area contributed by atoms with Gasteiger partial charge in [-0.15, -0.1) is 0 Å². The Labute approximate surface area is 357 Å². The quantitative estimate of drug-likeness (QED) is 0.0928. The van der Waals surface area contributed by atoms with Crippen molar-refractivity contribution in [1.29, 1.82) is 21.0 Å². The number of aryl methyl sites for hydroxylation is 6. The summed E-state index contributed by atoms with van der Waals surface area (Å²) in [4.78, 5) is 22.0. The Hall–Kier alpha value is -8.72. The monoisotopic (exact) mass is 814 g/mol. The van der Waals surface area contributed by atoms with Crippen LogP contribution in [-0.4, -0.2) is 29.5 Å². The van der Waals surface area contributed by atoms with Gasteiger partial charge in [0, 0.05) is 30.8 Å². The maximum Gasteiger partial charge on any atom is 0.233 e. The maximum atomic E-state index is 10.1. The fraction of sp³-hybridized carbons (Fsp3) is 0.167. The number of hydrogen-bond acceptors (Lipinski definition) is 12. The van der Waals surface area contributed by atoms with Gasteiger partial charge in [-0.2, -0.15) is 41.0 Å². The summed E-state index contributed by atoms with van der Waals surface area (Å²) in [5.74, 6) is 2.60. The van der Waals surface area contributed by atoms with Crippen LogP contribution in [-0.2, 0) is 19.9 Å². The number of nitriles is 4. The van der Waals surface area contributed by atoms with Gasteiger partial charge in [-0.25, -0.2) is 0 Å². The highest BCUT2D eigenvalue weighted by atomic mass is 16.5. The number of aromatic nitrogens is 6. The van der Waals surface area contributed by atoms with E-state index in [-0.39, 0.29) is 0 Å². The van der Waals surface area contributed by atoms with Crippen LogP contribution in [0.15, 0.2) is 91.3 Å². The van der Waals surface area contributed by atoms with E-state index < -0.39 is 0 Å². The number of nitrogens with one attached hydrogen (secondary N) is 3. The Morgan fingerprint density at radius 3 is 1.89 bits per heavy atom. The zero-order chi connectivity index (χ0) is 43.3. The lowest BCUT2D eigenvalue weighted by Gasteiger charge is -2.16. The van der Waals surface area contributed by atoms with E-state index in [4.69, 9.17) is 24.4 Å². The van der Waals surface area contributed by atoms with Crippen molar-refractivity contribution >= 4 is 45.3 Å². The van der Waals surface area contributed by atoms with Crippen LogP contribution in [0.2, 0.25) is 0 Å². The van der Waals surface area contributed by atoms with Crippen molar-refractivity contribution in [1.82, 2.24) is 29.5 Å². The Kier molecular flexibility index (Phi) is 11.1. The average molecular weight is 815 g/mol. The molecule has 62 heavy (non-hydrogen) atoms. The smallest absolute Gasteiger partial charge is 0.233 e. The number of nitrogens with zero attached hydrogens (tertiary/aromatic N) is 9. The van der Waals surface area contributed by atoms with Gasteiger partial charge < -0.3 is 29.7 Å². The lowest BCUT2D eigenvalue weighted by atomic mass is 9.97. The summed E-state index contributed by atoms with van der Waals surface area (Å²) < 4.78 is 14.9. The summed E-state index contributed by atoms with van der Waals surface area (Å²) >= 11 is 0.